The lowest BCUT2D eigenvalue weighted by atomic mass is 10.1. The number of amides is 2. The number of fused-ring (bicyclic) bond motifs is 4. The molecule has 2 amide bonds. The van der Waals surface area contributed by atoms with Crippen molar-refractivity contribution in [3.63, 3.8) is 0 Å². The lowest BCUT2D eigenvalue weighted by Crippen LogP contribution is -2.22. The smallest absolute Gasteiger partial charge is 0.267 e. The van der Waals surface area contributed by atoms with Crippen molar-refractivity contribution in [3.8, 4) is 0 Å². The Morgan fingerprint density at radius 1 is 1.17 bits per heavy atom. The number of pyridine rings is 1. The highest BCUT2D eigenvalue weighted by Gasteiger charge is 2.19. The molecule has 152 valence electrons. The zero-order valence-corrected chi connectivity index (χ0v) is 16.8. The van der Waals surface area contributed by atoms with Crippen molar-refractivity contribution in [2.24, 2.45) is 0 Å². The number of anilines is 1. The highest BCUT2D eigenvalue weighted by atomic mass is 16.2. The molecule has 0 unspecified atom stereocenters. The number of carbonyl (C=O) groups is 2. The molecule has 0 aliphatic carbocycles. The first kappa shape index (κ1) is 18.4. The number of nitrogens with one attached hydrogen (secondary N) is 2. The fraction of sp³-hybridized carbons (Fsp3) is 0.273. The number of rotatable bonds is 3. The maximum Gasteiger partial charge on any atom is 0.267 e. The van der Waals surface area contributed by atoms with Gasteiger partial charge in [-0.15, -0.1) is 0 Å². The number of hydrogen-bond donors (Lipinski definition) is 2. The molecular formula is C22H22N6O2. The Bertz CT molecular complexity index is 1300. The second-order valence-corrected chi connectivity index (χ2v) is 7.84. The summed E-state index contributed by atoms with van der Waals surface area (Å²) in [5, 5.41) is 12.0. The molecule has 0 fully saturated rings. The number of nitrogens with zero attached hydrogens (tertiary/aromatic N) is 4. The summed E-state index contributed by atoms with van der Waals surface area (Å²) in [5.41, 5.74) is 3.47. The fourth-order valence-corrected chi connectivity index (χ4v) is 3.94. The van der Waals surface area contributed by atoms with Crippen molar-refractivity contribution < 1.29 is 9.59 Å². The molecule has 3 aromatic heterocycles. The van der Waals surface area contributed by atoms with Gasteiger partial charge >= 0.3 is 0 Å². The van der Waals surface area contributed by atoms with Crippen LogP contribution in [-0.2, 0) is 6.54 Å². The number of aryl methyl sites for hydroxylation is 1. The lowest BCUT2D eigenvalue weighted by molar-refractivity contribution is 0.0950. The number of benzene rings is 1. The van der Waals surface area contributed by atoms with Crippen LogP contribution in [0.5, 0.6) is 0 Å². The van der Waals surface area contributed by atoms with Crippen LogP contribution >= 0.6 is 0 Å². The summed E-state index contributed by atoms with van der Waals surface area (Å²) in [4.78, 5) is 29.6. The van der Waals surface area contributed by atoms with E-state index in [2.05, 4.69) is 20.7 Å². The predicted molar refractivity (Wildman–Crippen MR) is 115 cm³/mol. The van der Waals surface area contributed by atoms with Crippen molar-refractivity contribution in [3.05, 3.63) is 54.0 Å². The highest BCUT2D eigenvalue weighted by Crippen LogP contribution is 2.24. The van der Waals surface area contributed by atoms with Gasteiger partial charge in [0.15, 0.2) is 5.65 Å². The quantitative estimate of drug-likeness (QED) is 0.549. The molecule has 1 aliphatic rings. The van der Waals surface area contributed by atoms with E-state index in [4.69, 9.17) is 0 Å². The van der Waals surface area contributed by atoms with Crippen LogP contribution in [0, 0.1) is 0 Å². The fourth-order valence-electron chi connectivity index (χ4n) is 3.94. The highest BCUT2D eigenvalue weighted by molar-refractivity contribution is 6.07. The third kappa shape index (κ3) is 3.01. The molecule has 8 heteroatoms. The first-order valence-electron chi connectivity index (χ1n) is 10.1. The van der Waals surface area contributed by atoms with E-state index in [-0.39, 0.29) is 17.9 Å². The third-order valence-corrected chi connectivity index (χ3v) is 5.42. The van der Waals surface area contributed by atoms with Crippen LogP contribution in [0.15, 0.2) is 42.7 Å². The molecule has 0 atom stereocenters. The van der Waals surface area contributed by atoms with Gasteiger partial charge in [-0.3, -0.25) is 9.59 Å². The zero-order chi connectivity index (χ0) is 20.8. The van der Waals surface area contributed by atoms with E-state index in [0.717, 1.165) is 34.9 Å². The number of hydrogen-bond acceptors (Lipinski definition) is 4. The predicted octanol–water partition coefficient (Wildman–Crippen LogP) is 3.35. The Morgan fingerprint density at radius 2 is 2.03 bits per heavy atom. The van der Waals surface area contributed by atoms with Crippen LogP contribution in [0.1, 0.15) is 47.2 Å². The Morgan fingerprint density at radius 3 is 2.87 bits per heavy atom. The standard InChI is InChI=1S/C22H22N6O2/c1-13(2)28-20-16(11-25-28)8-17(12-24-20)26-21(29)15-5-4-14-9-19-22(30)23-6-3-7-27(19)18(14)10-15/h4-5,8-13H,3,6-7H2,1-2H3,(H,23,30)(H,26,29). The van der Waals surface area contributed by atoms with Crippen LogP contribution in [0.4, 0.5) is 5.69 Å². The molecule has 30 heavy (non-hydrogen) atoms. The Kier molecular flexibility index (Phi) is 4.27. The average Bonchev–Trinajstić information content (AvgIpc) is 3.26. The summed E-state index contributed by atoms with van der Waals surface area (Å²) in [6.07, 6.45) is 4.26. The molecule has 0 radical (unpaired) electrons. The van der Waals surface area contributed by atoms with Crippen molar-refractivity contribution in [1.82, 2.24) is 24.6 Å². The molecule has 0 bridgehead atoms. The lowest BCUT2D eigenvalue weighted by Gasteiger charge is -2.09. The first-order valence-corrected chi connectivity index (χ1v) is 10.1. The molecule has 1 aromatic carbocycles. The summed E-state index contributed by atoms with van der Waals surface area (Å²) < 4.78 is 3.84. The molecule has 0 saturated heterocycles. The summed E-state index contributed by atoms with van der Waals surface area (Å²) >= 11 is 0. The van der Waals surface area contributed by atoms with Crippen LogP contribution in [0.25, 0.3) is 21.9 Å². The van der Waals surface area contributed by atoms with Gasteiger partial charge in [0.1, 0.15) is 5.69 Å². The van der Waals surface area contributed by atoms with Gasteiger partial charge in [-0.1, -0.05) is 6.07 Å². The topological polar surface area (TPSA) is 93.8 Å². The molecule has 0 spiro atoms. The summed E-state index contributed by atoms with van der Waals surface area (Å²) in [6.45, 7) is 5.49. The van der Waals surface area contributed by atoms with E-state index in [1.54, 1.807) is 18.5 Å². The SMILES string of the molecule is CC(C)n1ncc2cc(NC(=O)c3ccc4cc5n(c4c3)CCCNC5=O)cnc21. The van der Waals surface area contributed by atoms with Gasteiger partial charge < -0.3 is 15.2 Å². The first-order chi connectivity index (χ1) is 14.5. The molecule has 5 rings (SSSR count). The Balaban J connectivity index is 1.45. The summed E-state index contributed by atoms with van der Waals surface area (Å²) in [5.74, 6) is -0.293. The Hall–Kier alpha value is -3.68. The normalized spacial score (nSPS) is 14.0. The molecule has 0 saturated carbocycles. The van der Waals surface area contributed by atoms with Gasteiger partial charge in [-0.05, 0) is 44.5 Å². The van der Waals surface area contributed by atoms with Crippen LogP contribution in [0.2, 0.25) is 0 Å². The van der Waals surface area contributed by atoms with Crippen molar-refractivity contribution in [1.29, 1.82) is 0 Å². The van der Waals surface area contributed by atoms with Gasteiger partial charge in [-0.25, -0.2) is 9.67 Å². The molecule has 8 nitrogen and oxygen atoms in total. The van der Waals surface area contributed by atoms with Crippen molar-refractivity contribution >= 4 is 39.4 Å². The van der Waals surface area contributed by atoms with Gasteiger partial charge in [0.05, 0.1) is 18.1 Å². The van der Waals surface area contributed by atoms with Gasteiger partial charge in [-0.2, -0.15) is 5.10 Å². The van der Waals surface area contributed by atoms with Crippen LogP contribution in [-0.4, -0.2) is 37.7 Å². The summed E-state index contributed by atoms with van der Waals surface area (Å²) in [6, 6.07) is 9.46. The van der Waals surface area contributed by atoms with E-state index in [1.807, 2.05) is 47.4 Å². The maximum atomic E-state index is 12.9. The van der Waals surface area contributed by atoms with E-state index in [1.165, 1.54) is 0 Å². The Labute approximate surface area is 172 Å². The van der Waals surface area contributed by atoms with Gasteiger partial charge in [0.2, 0.25) is 0 Å². The number of carbonyl (C=O) groups excluding carboxylic acids is 2. The van der Waals surface area contributed by atoms with E-state index >= 15 is 0 Å². The minimum atomic E-state index is -0.220. The molecule has 1 aliphatic heterocycles. The van der Waals surface area contributed by atoms with E-state index < -0.39 is 0 Å². The second-order valence-electron chi connectivity index (χ2n) is 7.84. The minimum absolute atomic E-state index is 0.0731. The molecule has 4 heterocycles. The van der Waals surface area contributed by atoms with E-state index in [9.17, 15) is 9.59 Å². The monoisotopic (exact) mass is 402 g/mol. The largest absolute Gasteiger partial charge is 0.351 e. The minimum Gasteiger partial charge on any atom is -0.351 e. The van der Waals surface area contributed by atoms with E-state index in [0.29, 0.717) is 23.5 Å². The van der Waals surface area contributed by atoms with Crippen LogP contribution < -0.4 is 10.6 Å². The molecule has 4 aromatic rings. The third-order valence-electron chi connectivity index (χ3n) is 5.42. The maximum absolute atomic E-state index is 12.9. The molecular weight excluding hydrogens is 380 g/mol. The zero-order valence-electron chi connectivity index (χ0n) is 16.8. The van der Waals surface area contributed by atoms with Crippen molar-refractivity contribution in [2.45, 2.75) is 32.9 Å². The average molecular weight is 402 g/mol. The second kappa shape index (κ2) is 6.98. The summed E-state index contributed by atoms with van der Waals surface area (Å²) in [7, 11) is 0. The molecule has 2 N–H and O–H groups in total. The van der Waals surface area contributed by atoms with Crippen LogP contribution in [0.3, 0.4) is 0 Å². The van der Waals surface area contributed by atoms with Crippen molar-refractivity contribution in [2.75, 3.05) is 11.9 Å². The van der Waals surface area contributed by atoms with Gasteiger partial charge in [0.25, 0.3) is 11.8 Å². The van der Waals surface area contributed by atoms with Gasteiger partial charge in [0, 0.05) is 41.0 Å². The number of aromatic nitrogens is 4.